The number of rotatable bonds is 3. The van der Waals surface area contributed by atoms with Gasteiger partial charge in [-0.1, -0.05) is 6.07 Å². The molecule has 1 aromatic rings. The van der Waals surface area contributed by atoms with Gasteiger partial charge < -0.3 is 10.2 Å². The quantitative estimate of drug-likeness (QED) is 0.788. The van der Waals surface area contributed by atoms with Gasteiger partial charge in [-0.2, -0.15) is 12.7 Å². The minimum absolute atomic E-state index is 0.0745. The second-order valence-corrected chi connectivity index (χ2v) is 9.37. The zero-order valence-electron chi connectivity index (χ0n) is 16.1. The molecule has 1 fully saturated rings. The summed E-state index contributed by atoms with van der Waals surface area (Å²) in [4.78, 5) is 25.6. The van der Waals surface area contributed by atoms with Crippen LogP contribution in [0.15, 0.2) is 6.07 Å². The number of nitrogens with zero attached hydrogens (tertiary/aromatic N) is 2. The van der Waals surface area contributed by atoms with Crippen LogP contribution in [0.4, 0.5) is 10.5 Å². The molecule has 1 aromatic carbocycles. The SMILES string of the molecule is CC(=O)N1CCN(S(=O)(=O)NC(=O)Nc2c3c(cc4c2CCC4)CCC3)CC1. The van der Waals surface area contributed by atoms with E-state index >= 15 is 0 Å². The number of carbonyl (C=O) groups excluding carboxylic acids is 2. The third-order valence-electron chi connectivity index (χ3n) is 5.96. The summed E-state index contributed by atoms with van der Waals surface area (Å²) in [5.41, 5.74) is 5.68. The Labute approximate surface area is 165 Å². The van der Waals surface area contributed by atoms with E-state index in [4.69, 9.17) is 0 Å². The van der Waals surface area contributed by atoms with Crippen molar-refractivity contribution in [3.63, 3.8) is 0 Å². The molecule has 9 heteroatoms. The van der Waals surface area contributed by atoms with Crippen LogP contribution in [0, 0.1) is 0 Å². The van der Waals surface area contributed by atoms with Crippen LogP contribution in [0.1, 0.15) is 42.0 Å². The first-order valence-electron chi connectivity index (χ1n) is 9.86. The Bertz CT molecular complexity index is 888. The lowest BCUT2D eigenvalue weighted by molar-refractivity contribution is -0.129. The van der Waals surface area contributed by atoms with Crippen LogP contribution in [0.3, 0.4) is 0 Å². The number of hydrogen-bond acceptors (Lipinski definition) is 4. The molecular weight excluding hydrogens is 380 g/mol. The summed E-state index contributed by atoms with van der Waals surface area (Å²) in [6.07, 6.45) is 5.98. The topological polar surface area (TPSA) is 98.8 Å². The highest BCUT2D eigenvalue weighted by Gasteiger charge is 2.30. The Morgan fingerprint density at radius 2 is 1.50 bits per heavy atom. The Morgan fingerprint density at radius 3 is 2.04 bits per heavy atom. The highest BCUT2D eigenvalue weighted by Crippen LogP contribution is 2.38. The Morgan fingerprint density at radius 1 is 0.929 bits per heavy atom. The van der Waals surface area contributed by atoms with Gasteiger partial charge in [0.25, 0.3) is 0 Å². The second kappa shape index (κ2) is 7.36. The van der Waals surface area contributed by atoms with Crippen molar-refractivity contribution in [2.24, 2.45) is 0 Å². The number of aryl methyl sites for hydroxylation is 2. The number of nitrogens with one attached hydrogen (secondary N) is 2. The molecule has 0 bridgehead atoms. The van der Waals surface area contributed by atoms with Crippen molar-refractivity contribution >= 4 is 27.8 Å². The predicted octanol–water partition coefficient (Wildman–Crippen LogP) is 1.19. The van der Waals surface area contributed by atoms with Gasteiger partial charge in [0.1, 0.15) is 0 Å². The Kier molecular flexibility index (Phi) is 5.05. The Hall–Kier alpha value is -2.13. The molecule has 152 valence electrons. The maximum atomic E-state index is 12.6. The molecule has 4 rings (SSSR count). The lowest BCUT2D eigenvalue weighted by Gasteiger charge is -2.33. The molecule has 8 nitrogen and oxygen atoms in total. The zero-order valence-corrected chi connectivity index (χ0v) is 16.9. The average molecular weight is 407 g/mol. The van der Waals surface area contributed by atoms with Crippen molar-refractivity contribution < 1.29 is 18.0 Å². The Balaban J connectivity index is 1.46. The van der Waals surface area contributed by atoms with E-state index < -0.39 is 16.2 Å². The largest absolute Gasteiger partial charge is 0.340 e. The van der Waals surface area contributed by atoms with E-state index in [9.17, 15) is 18.0 Å². The standard InChI is InChI=1S/C19H26N4O4S/c1-13(24)22-8-10-23(11-9-22)28(26,27)21-19(25)20-18-16-6-2-4-14(16)12-15-5-3-7-17(15)18/h12H,2-11H2,1H3,(H2,20,21,25). The number of carbonyl (C=O) groups is 2. The molecule has 0 radical (unpaired) electrons. The molecule has 1 aliphatic heterocycles. The number of amides is 3. The number of piperazine rings is 1. The van der Waals surface area contributed by atoms with E-state index in [0.717, 1.165) is 55.3 Å². The van der Waals surface area contributed by atoms with Crippen molar-refractivity contribution in [1.82, 2.24) is 13.9 Å². The third kappa shape index (κ3) is 3.60. The average Bonchev–Trinajstić information content (AvgIpc) is 3.30. The van der Waals surface area contributed by atoms with Gasteiger partial charge in [-0.25, -0.2) is 9.52 Å². The number of anilines is 1. The van der Waals surface area contributed by atoms with E-state index in [-0.39, 0.29) is 19.0 Å². The van der Waals surface area contributed by atoms with E-state index in [0.29, 0.717) is 13.1 Å². The van der Waals surface area contributed by atoms with Crippen LogP contribution < -0.4 is 10.0 Å². The minimum atomic E-state index is -3.95. The number of benzene rings is 1. The van der Waals surface area contributed by atoms with Gasteiger partial charge in [0.2, 0.25) is 5.91 Å². The first kappa shape index (κ1) is 19.2. The summed E-state index contributed by atoms with van der Waals surface area (Å²) in [5, 5.41) is 2.84. The third-order valence-corrected chi connectivity index (χ3v) is 7.45. The van der Waals surface area contributed by atoms with Gasteiger partial charge in [-0.3, -0.25) is 4.79 Å². The van der Waals surface area contributed by atoms with Crippen LogP contribution in [-0.4, -0.2) is 55.7 Å². The number of hydrogen-bond donors (Lipinski definition) is 2. The molecule has 28 heavy (non-hydrogen) atoms. The lowest BCUT2D eigenvalue weighted by atomic mass is 9.99. The summed E-state index contributed by atoms with van der Waals surface area (Å²) in [7, 11) is -3.95. The molecule has 1 heterocycles. The van der Waals surface area contributed by atoms with E-state index in [1.165, 1.54) is 22.4 Å². The van der Waals surface area contributed by atoms with Crippen molar-refractivity contribution in [2.45, 2.75) is 45.4 Å². The fourth-order valence-electron chi connectivity index (χ4n) is 4.53. The predicted molar refractivity (Wildman–Crippen MR) is 105 cm³/mol. The number of urea groups is 1. The van der Waals surface area contributed by atoms with Gasteiger partial charge in [-0.05, 0) is 60.8 Å². The molecule has 2 aliphatic carbocycles. The smallest absolute Gasteiger partial charge is 0.333 e. The zero-order chi connectivity index (χ0) is 19.9. The molecule has 2 N–H and O–H groups in total. The summed E-state index contributed by atoms with van der Waals surface area (Å²) in [6, 6.07) is 1.54. The first-order valence-corrected chi connectivity index (χ1v) is 11.3. The molecule has 0 spiro atoms. The molecule has 0 saturated carbocycles. The van der Waals surface area contributed by atoms with Gasteiger partial charge in [-0.15, -0.1) is 0 Å². The molecule has 0 unspecified atom stereocenters. The maximum Gasteiger partial charge on any atom is 0.333 e. The van der Waals surface area contributed by atoms with E-state index in [1.807, 2.05) is 0 Å². The summed E-state index contributed by atoms with van der Waals surface area (Å²) < 4.78 is 28.5. The van der Waals surface area contributed by atoms with E-state index in [2.05, 4.69) is 16.1 Å². The van der Waals surface area contributed by atoms with Gasteiger partial charge in [0.05, 0.1) is 0 Å². The molecule has 3 amide bonds. The minimum Gasteiger partial charge on any atom is -0.340 e. The van der Waals surface area contributed by atoms with Crippen LogP contribution >= 0.6 is 0 Å². The van der Waals surface area contributed by atoms with Crippen molar-refractivity contribution in [1.29, 1.82) is 0 Å². The monoisotopic (exact) mass is 406 g/mol. The fraction of sp³-hybridized carbons (Fsp3) is 0.579. The highest BCUT2D eigenvalue weighted by atomic mass is 32.2. The van der Waals surface area contributed by atoms with Crippen LogP contribution in [0.25, 0.3) is 0 Å². The normalized spacial score (nSPS) is 19.2. The molecule has 0 aromatic heterocycles. The van der Waals surface area contributed by atoms with Crippen LogP contribution in [-0.2, 0) is 40.7 Å². The molecule has 0 atom stereocenters. The van der Waals surface area contributed by atoms with E-state index in [1.54, 1.807) is 4.90 Å². The van der Waals surface area contributed by atoms with Crippen molar-refractivity contribution in [3.05, 3.63) is 28.3 Å². The molecular formula is C19H26N4O4S. The van der Waals surface area contributed by atoms with Crippen molar-refractivity contribution in [2.75, 3.05) is 31.5 Å². The van der Waals surface area contributed by atoms with Gasteiger partial charge >= 0.3 is 16.2 Å². The second-order valence-electron chi connectivity index (χ2n) is 7.70. The molecule has 3 aliphatic rings. The summed E-state index contributed by atoms with van der Waals surface area (Å²) in [5.74, 6) is -0.0745. The van der Waals surface area contributed by atoms with Crippen molar-refractivity contribution in [3.8, 4) is 0 Å². The summed E-state index contributed by atoms with van der Waals surface area (Å²) >= 11 is 0. The summed E-state index contributed by atoms with van der Waals surface area (Å²) in [6.45, 7) is 2.48. The fourth-order valence-corrected chi connectivity index (χ4v) is 5.59. The molecule has 1 saturated heterocycles. The number of fused-ring (bicyclic) bond motifs is 2. The first-order chi connectivity index (χ1) is 13.3. The maximum absolute atomic E-state index is 12.6. The highest BCUT2D eigenvalue weighted by molar-refractivity contribution is 7.87. The van der Waals surface area contributed by atoms with Crippen LogP contribution in [0.5, 0.6) is 0 Å². The lowest BCUT2D eigenvalue weighted by Crippen LogP contribution is -2.54. The van der Waals surface area contributed by atoms with Gasteiger partial charge in [0.15, 0.2) is 0 Å². The van der Waals surface area contributed by atoms with Gasteiger partial charge in [0, 0.05) is 38.8 Å². The van der Waals surface area contributed by atoms with Crippen LogP contribution in [0.2, 0.25) is 0 Å².